The van der Waals surface area contributed by atoms with E-state index < -0.39 is 0 Å². The summed E-state index contributed by atoms with van der Waals surface area (Å²) < 4.78 is 61.1. The molecule has 0 N–H and O–H groups in total. The Morgan fingerprint density at radius 3 is 0.947 bits per heavy atom. The zero-order valence-electron chi connectivity index (χ0n) is 95.8. The van der Waals surface area contributed by atoms with E-state index in [0.29, 0.717) is 60.1 Å². The average Bonchev–Trinajstić information content (AvgIpc) is 1.66. The maximum atomic E-state index is 12.9. The van der Waals surface area contributed by atoms with Crippen molar-refractivity contribution in [2.75, 3.05) is 52.8 Å². The first-order valence-corrected chi connectivity index (χ1v) is 56.9. The van der Waals surface area contributed by atoms with Gasteiger partial charge in [0.25, 0.3) is 0 Å². The maximum Gasteiger partial charge on any atom is 0.217 e. The van der Waals surface area contributed by atoms with Crippen LogP contribution in [0.5, 0.6) is 46.5 Å². The second-order valence-electron chi connectivity index (χ2n) is 46.1. The Balaban J connectivity index is 0.000000170. The second kappa shape index (κ2) is 63.2. The van der Waals surface area contributed by atoms with Crippen LogP contribution in [0.3, 0.4) is 0 Å². The topological polar surface area (TPSA) is 207 Å². The lowest BCUT2D eigenvalue weighted by molar-refractivity contribution is 0.174. The number of ether oxygens (including phenoxy) is 8. The van der Waals surface area contributed by atoms with Gasteiger partial charge in [-0.1, -0.05) is 264 Å². The van der Waals surface area contributed by atoms with E-state index in [9.17, 15) is 4.39 Å². The molecule has 2 aromatic carbocycles. The molecule has 9 aromatic heterocycles. The predicted molar refractivity (Wildman–Crippen MR) is 614 cm³/mol. The first kappa shape index (κ1) is 120. The highest BCUT2D eigenvalue weighted by Gasteiger charge is 2.30. The normalized spacial score (nSPS) is 15.7. The molecular weight excluding hydrogens is 1860 g/mol. The van der Waals surface area contributed by atoms with Gasteiger partial charge in [0.05, 0.1) is 93.5 Å². The third kappa shape index (κ3) is 41.6. The monoisotopic (exact) mass is 2050 g/mol. The first-order valence-electron chi connectivity index (χ1n) is 56.9. The number of pyridine rings is 8. The van der Waals surface area contributed by atoms with Crippen LogP contribution >= 0.6 is 0 Å². The molecule has 7 fully saturated rings. The van der Waals surface area contributed by atoms with Crippen LogP contribution in [0, 0.1) is 46.7 Å². The van der Waals surface area contributed by atoms with Crippen molar-refractivity contribution in [3.63, 3.8) is 0 Å². The zero-order chi connectivity index (χ0) is 108. The van der Waals surface area contributed by atoms with Crippen molar-refractivity contribution in [2.24, 2.45) is 45.9 Å². The fraction of sp³-hybridized carbons (Fsp3) is 0.554. The van der Waals surface area contributed by atoms with Crippen molar-refractivity contribution in [3.8, 4) is 46.5 Å². The van der Waals surface area contributed by atoms with E-state index >= 15 is 0 Å². The van der Waals surface area contributed by atoms with Crippen molar-refractivity contribution >= 4 is 5.71 Å². The molecule has 0 saturated heterocycles. The van der Waals surface area contributed by atoms with Crippen molar-refractivity contribution < 1.29 is 42.3 Å². The molecular formula is C130H184FN11O8. The molecule has 0 bridgehead atoms. The Bertz CT molecular complexity index is 5500. The summed E-state index contributed by atoms with van der Waals surface area (Å²) in [5, 5.41) is 4.40. The Kier molecular flexibility index (Phi) is 50.7. The van der Waals surface area contributed by atoms with Crippen LogP contribution in [0.1, 0.15) is 423 Å². The molecule has 19 nitrogen and oxygen atoms in total. The van der Waals surface area contributed by atoms with Gasteiger partial charge in [0.1, 0.15) is 34.9 Å². The van der Waals surface area contributed by atoms with Gasteiger partial charge in [-0.2, -0.15) is 5.10 Å². The van der Waals surface area contributed by atoms with Crippen molar-refractivity contribution in [1.29, 1.82) is 0 Å². The minimum absolute atomic E-state index is 0.0980. The van der Waals surface area contributed by atoms with E-state index in [4.69, 9.17) is 37.9 Å². The smallest absolute Gasteiger partial charge is 0.217 e. The molecule has 0 spiro atoms. The van der Waals surface area contributed by atoms with Crippen LogP contribution in [0.4, 0.5) is 4.39 Å². The molecule has 8 aliphatic rings. The van der Waals surface area contributed by atoms with Gasteiger partial charge in [0.15, 0.2) is 0 Å². The van der Waals surface area contributed by atoms with E-state index in [1.807, 2.05) is 134 Å². The number of allylic oxidation sites excluding steroid dienone is 1. The highest BCUT2D eigenvalue weighted by atomic mass is 19.1. The highest BCUT2D eigenvalue weighted by Crippen LogP contribution is 2.40. The average molecular weight is 2050 g/mol. The molecule has 10 heterocycles. The molecule has 1 unspecified atom stereocenters. The number of benzene rings is 2. The van der Waals surface area contributed by atoms with E-state index in [-0.39, 0.29) is 22.7 Å². The molecule has 7 aliphatic carbocycles. The predicted octanol–water partition coefficient (Wildman–Crippen LogP) is 33.8. The number of rotatable bonds is 33. The largest absolute Gasteiger partial charge is 0.492 e. The lowest BCUT2D eigenvalue weighted by Crippen LogP contribution is -2.20. The van der Waals surface area contributed by atoms with Gasteiger partial charge in [-0.15, -0.1) is 0 Å². The molecule has 11 aromatic rings. The van der Waals surface area contributed by atoms with Gasteiger partial charge >= 0.3 is 0 Å². The molecule has 20 heteroatoms. The summed E-state index contributed by atoms with van der Waals surface area (Å²) in [7, 11) is 0. The fourth-order valence-corrected chi connectivity index (χ4v) is 18.2. The molecule has 0 radical (unpaired) electrons. The number of aromatic nitrogens is 10. The minimum Gasteiger partial charge on any atom is -0.492 e. The summed E-state index contributed by atoms with van der Waals surface area (Å²) in [6.07, 6.45) is 50.3. The lowest BCUT2D eigenvalue weighted by atomic mass is 9.82. The fourth-order valence-electron chi connectivity index (χ4n) is 18.2. The highest BCUT2D eigenvalue weighted by molar-refractivity contribution is 6.14. The van der Waals surface area contributed by atoms with Crippen LogP contribution in [0.15, 0.2) is 230 Å². The Labute approximate surface area is 902 Å². The molecule has 7 saturated carbocycles. The number of aliphatic imine (C=N–C) groups is 1. The van der Waals surface area contributed by atoms with Crippen molar-refractivity contribution in [2.45, 2.75) is 372 Å². The number of halogens is 1. The van der Waals surface area contributed by atoms with Crippen LogP contribution < -0.4 is 37.9 Å². The van der Waals surface area contributed by atoms with Crippen LogP contribution in [-0.4, -0.2) is 114 Å². The SMILES string of the molecule is CC(C)(C)C1=CCN=C1c1ccccc1.CC(C)c1cccnc1OC1CCCC1.CC(C)c1cccnc1OCC1CC1.CC(C)c1cccnc1OCC1CCC1.CC(C)c1cccnc1OCC1CCCC1.CC(C)c1ncccc1OCC1CC1.CC(C)c1ncccc1OCC1CCC1.CC(C)c1ncccc1OCC1CCCC1.CC(c1ccc(F)cc1)n1cc(C(C)(C)C)cn1.CCOc1cccnc1C(C)C. The molecule has 1 atom stereocenters. The third-order valence-electron chi connectivity index (χ3n) is 28.4. The summed E-state index contributed by atoms with van der Waals surface area (Å²) in [5.74, 6) is 15.3. The van der Waals surface area contributed by atoms with Crippen LogP contribution in [-0.2, 0) is 5.41 Å². The first-order chi connectivity index (χ1) is 72.1. The number of hydrogen-bond acceptors (Lipinski definition) is 18. The van der Waals surface area contributed by atoms with Gasteiger partial charge in [-0.3, -0.25) is 29.6 Å². The molecule has 150 heavy (non-hydrogen) atoms. The standard InChI is InChI=1S/C15H19FN2.2C14H21NO.C14H17N.3C13H19NO.2C12H17NO.C10H15NO/c1-11(12-5-7-14(16)8-6-12)18-10-13(9-17-18)15(2,3)4;1-11(2)14-13(8-5-9-15-14)16-10-12-6-3-4-7-12;1-11(2)13-8-5-9-15-14(13)16-10-12-6-3-4-7-12;1-14(2,3)12-9-10-15-13(12)11-7-5-4-6-8-11;1-10(2)13-12(7-4-8-14-13)15-9-11-5-3-6-11;1-10(2)12-7-4-8-14-13(12)15-9-11-5-3-6-11;1-10(2)12-8-5-9-14-13(12)15-11-6-3-4-7-11;1-9(2)12-11(4-3-7-13-12)14-8-10-5-6-10;1-9(2)11-4-3-7-13-12(11)14-8-10-5-6-10;1-4-12-9-6-5-7-11-10(9)8(2)3/h5-11H,1-4H3;2*5,8-9,11-12H,3-4,6-7,10H2,1-2H3;4-9H,10H2,1-3H3;2*4,7-8,10-11H,3,5-6,9H2,1-2H3;5,8-11H,3-4,6-7H2,1-2H3;2*3-4,7,9-10H,5-6,8H2,1-2H3;5-8H,4H2,1-3H3. The Morgan fingerprint density at radius 2 is 0.633 bits per heavy atom. The second-order valence-corrected chi connectivity index (χ2v) is 46.1. The van der Waals surface area contributed by atoms with Gasteiger partial charge in [0, 0.05) is 78.0 Å². The Hall–Kier alpha value is -11.4. The summed E-state index contributed by atoms with van der Waals surface area (Å²) in [6, 6.07) is 49.3. The van der Waals surface area contributed by atoms with Gasteiger partial charge < -0.3 is 37.9 Å². The molecule has 1 aliphatic heterocycles. The quantitative estimate of drug-likeness (QED) is 0.0375. The van der Waals surface area contributed by atoms with Gasteiger partial charge in [0.2, 0.25) is 23.5 Å². The van der Waals surface area contributed by atoms with E-state index in [1.54, 1.807) is 24.5 Å². The Morgan fingerprint density at radius 1 is 0.320 bits per heavy atom. The minimum atomic E-state index is -0.207. The third-order valence-corrected chi connectivity index (χ3v) is 28.4. The maximum absolute atomic E-state index is 12.9. The molecule has 19 rings (SSSR count). The van der Waals surface area contributed by atoms with E-state index in [2.05, 4.69) is 270 Å². The summed E-state index contributed by atoms with van der Waals surface area (Å²) in [6.45, 7) is 58.5. The van der Waals surface area contributed by atoms with Crippen molar-refractivity contribution in [3.05, 3.63) is 293 Å². The van der Waals surface area contributed by atoms with Crippen LogP contribution in [0.25, 0.3) is 0 Å². The van der Waals surface area contributed by atoms with Gasteiger partial charge in [-0.05, 0) is 317 Å². The molecule has 0 amide bonds. The number of nitrogens with zero attached hydrogens (tertiary/aromatic N) is 11. The molecule has 814 valence electrons. The van der Waals surface area contributed by atoms with E-state index in [1.165, 1.54) is 198 Å². The van der Waals surface area contributed by atoms with Crippen molar-refractivity contribution in [1.82, 2.24) is 49.7 Å². The summed E-state index contributed by atoms with van der Waals surface area (Å²) in [5.41, 5.74) is 15.5. The van der Waals surface area contributed by atoms with Gasteiger partial charge in [-0.25, -0.2) is 24.3 Å². The summed E-state index contributed by atoms with van der Waals surface area (Å²) >= 11 is 0. The van der Waals surface area contributed by atoms with E-state index in [0.717, 1.165) is 157 Å². The lowest BCUT2D eigenvalue weighted by Gasteiger charge is -2.25. The number of hydrogen-bond donors (Lipinski definition) is 0. The van der Waals surface area contributed by atoms with Crippen LogP contribution in [0.2, 0.25) is 0 Å². The summed E-state index contributed by atoms with van der Waals surface area (Å²) in [4.78, 5) is 39.2. The zero-order valence-corrected chi connectivity index (χ0v) is 95.8.